The number of carbonyl (C=O) groups is 2. The molecule has 1 aromatic carbocycles. The Balaban J connectivity index is 1.34. The summed E-state index contributed by atoms with van der Waals surface area (Å²) in [6.07, 6.45) is 9.92. The third-order valence-electron chi connectivity index (χ3n) is 5.00. The number of amides is 1. The van der Waals surface area contributed by atoms with Crippen LogP contribution in [-0.4, -0.2) is 29.3 Å². The Labute approximate surface area is 184 Å². The smallest absolute Gasteiger partial charge is 0.244 e. The Morgan fingerprint density at radius 2 is 2.27 bits per heavy atom. The van der Waals surface area contributed by atoms with E-state index in [9.17, 15) is 9.59 Å². The number of benzene rings is 1. The fraction of sp³-hybridized carbons (Fsp3) is 0.261. The largest absolute Gasteiger partial charge is 0.486 e. The molecule has 154 valence electrons. The van der Waals surface area contributed by atoms with Gasteiger partial charge in [0.05, 0.1) is 11.6 Å². The van der Waals surface area contributed by atoms with Crippen molar-refractivity contribution in [1.82, 2.24) is 10.3 Å². The minimum Gasteiger partial charge on any atom is -0.486 e. The van der Waals surface area contributed by atoms with Crippen molar-refractivity contribution in [3.63, 3.8) is 0 Å². The first-order chi connectivity index (χ1) is 14.5. The minimum absolute atomic E-state index is 0.103. The number of ether oxygens (including phenoxy) is 1. The molecule has 0 radical (unpaired) electrons. The van der Waals surface area contributed by atoms with E-state index in [4.69, 9.17) is 16.3 Å². The van der Waals surface area contributed by atoms with E-state index in [1.807, 2.05) is 24.3 Å². The van der Waals surface area contributed by atoms with Crippen LogP contribution in [0.5, 0.6) is 5.75 Å². The Morgan fingerprint density at radius 1 is 1.40 bits per heavy atom. The number of aromatic nitrogens is 1. The quantitative estimate of drug-likeness (QED) is 0.669. The zero-order valence-electron chi connectivity index (χ0n) is 16.4. The predicted octanol–water partition coefficient (Wildman–Crippen LogP) is 4.52. The third kappa shape index (κ3) is 4.77. The molecule has 0 aliphatic carbocycles. The summed E-state index contributed by atoms with van der Waals surface area (Å²) in [6, 6.07) is 7.73. The number of pyridine rings is 1. The molecule has 1 aromatic heterocycles. The van der Waals surface area contributed by atoms with Crippen LogP contribution in [-0.2, 0) is 16.0 Å². The first-order valence-corrected chi connectivity index (χ1v) is 11.0. The molecular formula is C23H21ClN2O3S. The lowest BCUT2D eigenvalue weighted by atomic mass is 10.0. The summed E-state index contributed by atoms with van der Waals surface area (Å²) < 4.78 is 5.97. The Hall–Kier alpha value is -2.57. The van der Waals surface area contributed by atoms with Crippen molar-refractivity contribution < 1.29 is 14.3 Å². The molecule has 0 bridgehead atoms. The van der Waals surface area contributed by atoms with Gasteiger partial charge in [0.15, 0.2) is 5.78 Å². The fourth-order valence-electron chi connectivity index (χ4n) is 3.52. The molecule has 0 spiro atoms. The number of rotatable bonds is 6. The first-order valence-electron chi connectivity index (χ1n) is 9.72. The topological polar surface area (TPSA) is 68.3 Å². The van der Waals surface area contributed by atoms with Gasteiger partial charge in [-0.1, -0.05) is 29.8 Å². The van der Waals surface area contributed by atoms with Crippen LogP contribution in [0.25, 0.3) is 6.08 Å². The van der Waals surface area contributed by atoms with Gasteiger partial charge in [-0.05, 0) is 48.2 Å². The third-order valence-corrected chi connectivity index (χ3v) is 6.73. The van der Waals surface area contributed by atoms with Gasteiger partial charge in [-0.25, -0.2) is 0 Å². The molecule has 0 saturated heterocycles. The van der Waals surface area contributed by atoms with E-state index >= 15 is 0 Å². The average molecular weight is 441 g/mol. The van der Waals surface area contributed by atoms with Gasteiger partial charge in [-0.15, -0.1) is 11.8 Å². The molecule has 5 nitrogen and oxygen atoms in total. The van der Waals surface area contributed by atoms with Crippen molar-refractivity contribution in [3.8, 4) is 5.75 Å². The van der Waals surface area contributed by atoms with Crippen LogP contribution in [0.4, 0.5) is 0 Å². The number of allylic oxidation sites excluding steroid dienone is 2. The number of ketones is 1. The van der Waals surface area contributed by atoms with Gasteiger partial charge in [0.1, 0.15) is 11.9 Å². The normalized spacial score (nSPS) is 20.0. The highest BCUT2D eigenvalue weighted by atomic mass is 35.5. The van der Waals surface area contributed by atoms with Gasteiger partial charge in [0.2, 0.25) is 5.91 Å². The zero-order chi connectivity index (χ0) is 21.1. The maximum Gasteiger partial charge on any atom is 0.244 e. The van der Waals surface area contributed by atoms with E-state index in [-0.39, 0.29) is 23.0 Å². The Morgan fingerprint density at radius 3 is 3.00 bits per heavy atom. The summed E-state index contributed by atoms with van der Waals surface area (Å²) in [5.41, 5.74) is 3.01. The van der Waals surface area contributed by atoms with E-state index in [1.165, 1.54) is 6.08 Å². The van der Waals surface area contributed by atoms with Crippen LogP contribution in [0.3, 0.4) is 0 Å². The number of carbonyl (C=O) groups excluding carboxylic acids is 2. The number of thioether (sulfide) groups is 1. The number of nitrogens with one attached hydrogen (secondary N) is 1. The highest BCUT2D eigenvalue weighted by molar-refractivity contribution is 8.04. The van der Waals surface area contributed by atoms with Crippen molar-refractivity contribution in [2.75, 3.05) is 6.54 Å². The molecule has 3 heterocycles. The molecule has 2 aromatic rings. The lowest BCUT2D eigenvalue weighted by molar-refractivity contribution is -0.116. The van der Waals surface area contributed by atoms with Crippen molar-refractivity contribution >= 4 is 41.1 Å². The van der Waals surface area contributed by atoms with Crippen LogP contribution >= 0.6 is 23.4 Å². The number of hydrogen-bond acceptors (Lipinski definition) is 5. The van der Waals surface area contributed by atoms with Crippen molar-refractivity contribution in [1.29, 1.82) is 0 Å². The summed E-state index contributed by atoms with van der Waals surface area (Å²) in [5.74, 6) is 0.607. The molecule has 1 N–H and O–H groups in total. The summed E-state index contributed by atoms with van der Waals surface area (Å²) in [7, 11) is 0. The van der Waals surface area contributed by atoms with E-state index in [2.05, 4.69) is 16.4 Å². The van der Waals surface area contributed by atoms with Crippen LogP contribution in [0.1, 0.15) is 35.3 Å². The number of Topliss-reactive ketones (excluding diaryl/α,β-unsaturated/α-hetero) is 1. The predicted molar refractivity (Wildman–Crippen MR) is 120 cm³/mol. The summed E-state index contributed by atoms with van der Waals surface area (Å²) in [4.78, 5) is 28.5. The van der Waals surface area contributed by atoms with Crippen LogP contribution < -0.4 is 10.1 Å². The highest BCUT2D eigenvalue weighted by Crippen LogP contribution is 2.47. The average Bonchev–Trinajstić information content (AvgIpc) is 3.39. The minimum atomic E-state index is -0.185. The molecule has 0 saturated carbocycles. The van der Waals surface area contributed by atoms with E-state index in [1.54, 1.807) is 37.2 Å². The van der Waals surface area contributed by atoms with Crippen LogP contribution in [0, 0.1) is 0 Å². The fourth-order valence-corrected chi connectivity index (χ4v) is 4.95. The summed E-state index contributed by atoms with van der Waals surface area (Å²) in [5, 5.41) is 3.64. The summed E-state index contributed by atoms with van der Waals surface area (Å²) in [6.45, 7) is 1.99. The Bertz CT molecular complexity index is 1040. The van der Waals surface area contributed by atoms with Crippen LogP contribution in [0.15, 0.2) is 53.7 Å². The lowest BCUT2D eigenvalue weighted by Crippen LogP contribution is -2.33. The maximum atomic E-state index is 12.1. The van der Waals surface area contributed by atoms with Gasteiger partial charge < -0.3 is 10.1 Å². The number of hydrogen-bond donors (Lipinski definition) is 1. The number of fused-ring (bicyclic) bond motifs is 1. The molecule has 2 aliphatic rings. The first kappa shape index (κ1) is 20.7. The van der Waals surface area contributed by atoms with Gasteiger partial charge in [-0.3, -0.25) is 14.6 Å². The molecular weight excluding hydrogens is 420 g/mol. The second-order valence-electron chi connectivity index (χ2n) is 7.27. The van der Waals surface area contributed by atoms with Gasteiger partial charge in [-0.2, -0.15) is 0 Å². The van der Waals surface area contributed by atoms with Crippen LogP contribution in [0.2, 0.25) is 5.02 Å². The molecule has 2 unspecified atom stereocenters. The van der Waals surface area contributed by atoms with Gasteiger partial charge >= 0.3 is 0 Å². The van der Waals surface area contributed by atoms with Crippen molar-refractivity contribution in [2.45, 2.75) is 31.1 Å². The molecule has 0 fully saturated rings. The van der Waals surface area contributed by atoms with E-state index < -0.39 is 0 Å². The van der Waals surface area contributed by atoms with Gasteiger partial charge in [0, 0.05) is 35.0 Å². The molecule has 30 heavy (non-hydrogen) atoms. The van der Waals surface area contributed by atoms with Gasteiger partial charge in [0.25, 0.3) is 0 Å². The summed E-state index contributed by atoms with van der Waals surface area (Å²) >= 11 is 8.06. The SMILES string of the molecule is CC(=O)C1=CCC(c2cc(Cl)c3c(c2)CC(CNC(=O)/C=C/c2cccnc2)O3)S1. The molecule has 2 atom stereocenters. The Kier molecular flexibility index (Phi) is 6.25. The van der Waals surface area contributed by atoms with Crippen molar-refractivity contribution in [2.24, 2.45) is 0 Å². The molecule has 7 heteroatoms. The maximum absolute atomic E-state index is 12.1. The highest BCUT2D eigenvalue weighted by Gasteiger charge is 2.29. The lowest BCUT2D eigenvalue weighted by Gasteiger charge is -2.13. The second kappa shape index (κ2) is 9.06. The second-order valence-corrected chi connectivity index (χ2v) is 8.92. The molecule has 4 rings (SSSR count). The standard InChI is InChI=1S/C23H21ClN2O3S/c1-14(27)20-5-6-21(30-20)16-9-17-10-18(29-23(17)19(24)11-16)13-26-22(28)7-4-15-3-2-8-25-12-15/h2-5,7-9,11-12,18,21H,6,10,13H2,1H3,(H,26,28)/b7-4+. The van der Waals surface area contributed by atoms with E-state index in [0.717, 1.165) is 28.0 Å². The number of nitrogens with zero attached hydrogens (tertiary/aromatic N) is 1. The molecule has 2 aliphatic heterocycles. The molecule has 1 amide bonds. The monoisotopic (exact) mass is 440 g/mol. The number of halogens is 1. The van der Waals surface area contributed by atoms with E-state index in [0.29, 0.717) is 23.7 Å². The zero-order valence-corrected chi connectivity index (χ0v) is 18.0. The van der Waals surface area contributed by atoms with Crippen molar-refractivity contribution in [3.05, 3.63) is 75.4 Å².